The van der Waals surface area contributed by atoms with Gasteiger partial charge in [-0.25, -0.2) is 0 Å². The third-order valence-corrected chi connectivity index (χ3v) is 1.21. The topological polar surface area (TPSA) is 49.3 Å². The summed E-state index contributed by atoms with van der Waals surface area (Å²) in [5.41, 5.74) is 0.444. The van der Waals surface area contributed by atoms with Crippen LogP contribution >= 0.6 is 0 Å². The summed E-state index contributed by atoms with van der Waals surface area (Å²) >= 11 is 0. The molecule has 3 nitrogen and oxygen atoms in total. The number of nitrogens with one attached hydrogen (secondary N) is 1. The van der Waals surface area contributed by atoms with E-state index in [1.54, 1.807) is 18.2 Å². The van der Waals surface area contributed by atoms with Crippen LogP contribution in [0.15, 0.2) is 24.3 Å². The van der Waals surface area contributed by atoms with E-state index in [4.69, 9.17) is 5.11 Å². The quantitative estimate of drug-likeness (QED) is 0.468. The number of phenols is 1. The van der Waals surface area contributed by atoms with Gasteiger partial charge in [-0.15, -0.1) is 0 Å². The average Bonchev–Trinajstić information content (AvgIpc) is 1.93. The zero-order chi connectivity index (χ0) is 8.27. The van der Waals surface area contributed by atoms with Crippen molar-refractivity contribution in [2.75, 3.05) is 5.32 Å². The summed E-state index contributed by atoms with van der Waals surface area (Å²) in [6, 6.07) is 6.59. The van der Waals surface area contributed by atoms with Gasteiger partial charge in [-0.3, -0.25) is 4.79 Å². The second-order valence-electron chi connectivity index (χ2n) is 2.20. The second-order valence-corrected chi connectivity index (χ2v) is 2.20. The molecule has 0 fully saturated rings. The number of phenolic OH excluding ortho intramolecular Hbond substituents is 1. The molecule has 12 heavy (non-hydrogen) atoms. The standard InChI is InChI=1S/C8H9NO2.Li.H/c1-6(10)9-7-4-2-3-5-8(7)11;;/h2-5,11H,1H3,(H,9,10);;. The molecule has 0 atom stereocenters. The summed E-state index contributed by atoms with van der Waals surface area (Å²) < 4.78 is 0. The Morgan fingerprint density at radius 3 is 2.50 bits per heavy atom. The number of benzene rings is 1. The van der Waals surface area contributed by atoms with Crippen LogP contribution < -0.4 is 5.32 Å². The number of rotatable bonds is 1. The summed E-state index contributed by atoms with van der Waals surface area (Å²) in [7, 11) is 0. The zero-order valence-corrected chi connectivity index (χ0v) is 6.16. The molecule has 0 aromatic heterocycles. The number of hydrogen-bond donors (Lipinski definition) is 2. The van der Waals surface area contributed by atoms with E-state index in [9.17, 15) is 4.79 Å². The van der Waals surface area contributed by atoms with Crippen LogP contribution in [0, 0.1) is 0 Å². The van der Waals surface area contributed by atoms with E-state index in [0.29, 0.717) is 5.69 Å². The van der Waals surface area contributed by atoms with Crippen molar-refractivity contribution in [2.24, 2.45) is 0 Å². The molecule has 0 aliphatic carbocycles. The van der Waals surface area contributed by atoms with Gasteiger partial charge in [0.1, 0.15) is 5.75 Å². The summed E-state index contributed by atoms with van der Waals surface area (Å²) in [4.78, 5) is 10.5. The molecule has 0 saturated heterocycles. The molecule has 1 aromatic rings. The van der Waals surface area contributed by atoms with Gasteiger partial charge in [0.25, 0.3) is 0 Å². The number of anilines is 1. The minimum atomic E-state index is -0.188. The van der Waals surface area contributed by atoms with Crippen LogP contribution in [0.5, 0.6) is 5.75 Å². The van der Waals surface area contributed by atoms with E-state index >= 15 is 0 Å². The van der Waals surface area contributed by atoms with Gasteiger partial charge in [0.05, 0.1) is 5.69 Å². The fourth-order valence-corrected chi connectivity index (χ4v) is 0.769. The van der Waals surface area contributed by atoms with Crippen LogP contribution in [-0.2, 0) is 4.79 Å². The SMILES string of the molecule is CC(=O)Nc1ccccc1O.[LiH]. The van der Waals surface area contributed by atoms with Crippen molar-refractivity contribution in [2.45, 2.75) is 6.92 Å². The Hall–Kier alpha value is -0.913. The normalized spacial score (nSPS) is 8.42. The van der Waals surface area contributed by atoms with Gasteiger partial charge < -0.3 is 10.4 Å². The van der Waals surface area contributed by atoms with E-state index in [2.05, 4.69) is 5.32 Å². The van der Waals surface area contributed by atoms with Crippen LogP contribution in [0.2, 0.25) is 0 Å². The molecule has 1 amide bonds. The third kappa shape index (κ3) is 2.99. The maximum atomic E-state index is 10.5. The van der Waals surface area contributed by atoms with Crippen molar-refractivity contribution in [3.8, 4) is 5.75 Å². The summed E-state index contributed by atoms with van der Waals surface area (Å²) in [5, 5.41) is 11.6. The first-order valence-electron chi connectivity index (χ1n) is 3.26. The van der Waals surface area contributed by atoms with Crippen molar-refractivity contribution in [1.29, 1.82) is 0 Å². The van der Waals surface area contributed by atoms with Gasteiger partial charge >= 0.3 is 18.9 Å². The molecule has 60 valence electrons. The first-order chi connectivity index (χ1) is 5.20. The molecule has 0 saturated carbocycles. The summed E-state index contributed by atoms with van der Waals surface area (Å²) in [6.45, 7) is 1.40. The Morgan fingerprint density at radius 2 is 2.00 bits per heavy atom. The molecule has 0 heterocycles. The van der Waals surface area contributed by atoms with Crippen molar-refractivity contribution in [3.05, 3.63) is 24.3 Å². The van der Waals surface area contributed by atoms with Crippen LogP contribution in [0.25, 0.3) is 0 Å². The molecule has 0 aliphatic heterocycles. The van der Waals surface area contributed by atoms with Crippen LogP contribution in [-0.4, -0.2) is 29.9 Å². The maximum absolute atomic E-state index is 10.5. The van der Waals surface area contributed by atoms with E-state index in [1.807, 2.05) is 0 Å². The molecule has 0 spiro atoms. The molecule has 0 aliphatic rings. The van der Waals surface area contributed by atoms with Crippen molar-refractivity contribution >= 4 is 30.5 Å². The van der Waals surface area contributed by atoms with E-state index < -0.39 is 0 Å². The molecule has 0 unspecified atom stereocenters. The average molecular weight is 159 g/mol. The predicted octanol–water partition coefficient (Wildman–Crippen LogP) is 0.702. The number of carbonyl (C=O) groups excluding carboxylic acids is 1. The molecule has 1 aromatic carbocycles. The van der Waals surface area contributed by atoms with Crippen molar-refractivity contribution in [3.63, 3.8) is 0 Å². The third-order valence-electron chi connectivity index (χ3n) is 1.21. The Balaban J connectivity index is 0.00000121. The van der Waals surface area contributed by atoms with E-state index in [-0.39, 0.29) is 30.5 Å². The minimum absolute atomic E-state index is 0. The van der Waals surface area contributed by atoms with E-state index in [1.165, 1.54) is 13.0 Å². The molecular weight excluding hydrogens is 149 g/mol. The second kappa shape index (κ2) is 4.86. The van der Waals surface area contributed by atoms with Gasteiger partial charge in [-0.1, -0.05) is 12.1 Å². The van der Waals surface area contributed by atoms with Crippen LogP contribution in [0.1, 0.15) is 6.92 Å². The summed E-state index contributed by atoms with van der Waals surface area (Å²) in [5.74, 6) is -0.103. The first-order valence-corrected chi connectivity index (χ1v) is 3.26. The molecule has 0 bridgehead atoms. The molecule has 2 N–H and O–H groups in total. The molecular formula is C8H10LiNO2. The summed E-state index contributed by atoms with van der Waals surface area (Å²) in [6.07, 6.45) is 0. The number of aromatic hydroxyl groups is 1. The van der Waals surface area contributed by atoms with E-state index in [0.717, 1.165) is 0 Å². The first kappa shape index (κ1) is 11.1. The molecule has 0 radical (unpaired) electrons. The fraction of sp³-hybridized carbons (Fsp3) is 0.125. The van der Waals surface area contributed by atoms with Crippen LogP contribution in [0.3, 0.4) is 0 Å². The monoisotopic (exact) mass is 159 g/mol. The van der Waals surface area contributed by atoms with Gasteiger partial charge in [0.2, 0.25) is 5.91 Å². The number of carbonyl (C=O) groups is 1. The number of para-hydroxylation sites is 2. The Kier molecular flexibility index (Phi) is 4.49. The van der Waals surface area contributed by atoms with Gasteiger partial charge in [0, 0.05) is 6.92 Å². The molecule has 1 rings (SSSR count). The van der Waals surface area contributed by atoms with Crippen LogP contribution in [0.4, 0.5) is 5.69 Å². The Labute approximate surface area is 83.0 Å². The van der Waals surface area contributed by atoms with Crippen molar-refractivity contribution < 1.29 is 9.90 Å². The Morgan fingerprint density at radius 1 is 1.42 bits per heavy atom. The van der Waals surface area contributed by atoms with Crippen molar-refractivity contribution in [1.82, 2.24) is 0 Å². The fourth-order valence-electron chi connectivity index (χ4n) is 0.769. The molecule has 4 heteroatoms. The predicted molar refractivity (Wildman–Crippen MR) is 49.6 cm³/mol. The van der Waals surface area contributed by atoms with Gasteiger partial charge in [-0.05, 0) is 12.1 Å². The Bertz CT molecular complexity index is 276. The number of amides is 1. The van der Waals surface area contributed by atoms with Gasteiger partial charge in [0.15, 0.2) is 0 Å². The van der Waals surface area contributed by atoms with Gasteiger partial charge in [-0.2, -0.15) is 0 Å². The number of hydrogen-bond acceptors (Lipinski definition) is 2. The zero-order valence-electron chi connectivity index (χ0n) is 6.16.